The first-order chi connectivity index (χ1) is 6.04. The van der Waals surface area contributed by atoms with E-state index in [9.17, 15) is 16.8 Å². The summed E-state index contributed by atoms with van der Waals surface area (Å²) in [4.78, 5) is 1.40. The zero-order valence-electron chi connectivity index (χ0n) is 7.78. The fourth-order valence-corrected chi connectivity index (χ4v) is 3.74. The molecule has 0 aliphatic rings. The Bertz CT molecular complexity index is 376. The van der Waals surface area contributed by atoms with Gasteiger partial charge in [0.1, 0.15) is 5.37 Å². The van der Waals surface area contributed by atoms with Crippen LogP contribution in [0.1, 0.15) is 6.42 Å². The van der Waals surface area contributed by atoms with Crippen molar-refractivity contribution >= 4 is 70.6 Å². The summed E-state index contributed by atoms with van der Waals surface area (Å²) in [7, 11) is -3.92. The van der Waals surface area contributed by atoms with Crippen LogP contribution in [0.5, 0.6) is 0 Å². The summed E-state index contributed by atoms with van der Waals surface area (Å²) in [5, 5.41) is -0.909. The van der Waals surface area contributed by atoms with Gasteiger partial charge in [-0.05, 0) is 43.8 Å². The molecule has 10 heteroatoms. The first-order valence-corrected chi connectivity index (χ1v) is 8.92. The van der Waals surface area contributed by atoms with Gasteiger partial charge in [0.2, 0.25) is 8.87 Å². The quantitative estimate of drug-likeness (QED) is 0.393. The van der Waals surface area contributed by atoms with Crippen molar-refractivity contribution in [2.45, 2.75) is 11.8 Å². The Morgan fingerprint density at radius 1 is 1.13 bits per heavy atom. The van der Waals surface area contributed by atoms with Gasteiger partial charge in [0.05, 0.1) is 5.75 Å². The van der Waals surface area contributed by atoms with Gasteiger partial charge in [-0.25, -0.2) is 16.8 Å². The molecule has 0 aromatic heterocycles. The van der Waals surface area contributed by atoms with Crippen LogP contribution in [0.3, 0.4) is 0 Å². The van der Waals surface area contributed by atoms with Crippen molar-refractivity contribution in [2.75, 3.05) is 19.8 Å². The van der Waals surface area contributed by atoms with Gasteiger partial charge in [0, 0.05) is 0 Å². The third-order valence-electron chi connectivity index (χ3n) is 1.54. The van der Waals surface area contributed by atoms with Crippen molar-refractivity contribution in [3.05, 3.63) is 0 Å². The fraction of sp³-hybridized carbons (Fsp3) is 1.00. The zero-order valence-corrected chi connectivity index (χ0v) is 11.2. The molecule has 88 valence electrons. The van der Waals surface area contributed by atoms with Crippen molar-refractivity contribution < 1.29 is 16.8 Å². The van der Waals surface area contributed by atoms with Crippen LogP contribution in [0, 0.1) is 0 Å². The molecule has 0 N–H and O–H groups in total. The average molecular weight is 303 g/mol. The van der Waals surface area contributed by atoms with Crippen molar-refractivity contribution in [3.63, 3.8) is 0 Å². The second kappa shape index (κ2) is 7.10. The second-order valence-corrected chi connectivity index (χ2v) is 9.35. The third-order valence-corrected chi connectivity index (χ3v) is 4.92. The van der Waals surface area contributed by atoms with E-state index in [1.54, 1.807) is 14.1 Å². The molecule has 0 saturated carbocycles. The van der Waals surface area contributed by atoms with Gasteiger partial charge in [-0.1, -0.05) is 0 Å². The molecule has 5 nitrogen and oxygen atoms in total. The molecule has 0 heterocycles. The van der Waals surface area contributed by atoms with Crippen LogP contribution in [-0.4, -0.2) is 76.5 Å². The van der Waals surface area contributed by atoms with Gasteiger partial charge in [0.15, 0.2) is 8.87 Å². The first-order valence-electron chi connectivity index (χ1n) is 3.62. The molecule has 0 rings (SSSR count). The number of nitrogens with zero attached hydrogens (tertiary/aromatic N) is 1. The van der Waals surface area contributed by atoms with E-state index in [4.69, 9.17) is 0 Å². The van der Waals surface area contributed by atoms with Crippen molar-refractivity contribution in [1.29, 1.82) is 0 Å². The Balaban J connectivity index is 0. The van der Waals surface area contributed by atoms with Crippen LogP contribution in [0.2, 0.25) is 0 Å². The van der Waals surface area contributed by atoms with Crippen LogP contribution < -0.4 is 0 Å². The van der Waals surface area contributed by atoms with Gasteiger partial charge in [-0.15, -0.1) is 0 Å². The summed E-state index contributed by atoms with van der Waals surface area (Å²) >= 11 is 6.76. The number of hydrogen-bond donors (Lipinski definition) is 2. The topological polar surface area (TPSA) is 71.5 Å². The summed E-state index contributed by atoms with van der Waals surface area (Å²) in [6.45, 7) is 0. The number of thiol groups is 2. The SMILES string of the molecule is CN(C)C(CCS(=O)(=O)S)S(=O)(=O)S.[NaH]. The molecule has 0 aliphatic carbocycles. The predicted octanol–water partition coefficient (Wildman–Crippen LogP) is -0.865. The van der Waals surface area contributed by atoms with Gasteiger partial charge in [0.25, 0.3) is 0 Å². The Kier molecular flexibility index (Phi) is 8.95. The second-order valence-electron chi connectivity index (χ2n) is 3.01. The fourth-order valence-electron chi connectivity index (χ4n) is 0.923. The molecule has 1 unspecified atom stereocenters. The number of rotatable bonds is 5. The molecule has 0 fully saturated rings. The summed E-state index contributed by atoms with van der Waals surface area (Å²) < 4.78 is 43.6. The molecule has 0 aliphatic heterocycles. The molecule has 0 bridgehead atoms. The third kappa shape index (κ3) is 9.28. The Hall–Kier alpha value is 1.56. The maximum absolute atomic E-state index is 11.1. The van der Waals surface area contributed by atoms with Crippen LogP contribution in [0.25, 0.3) is 0 Å². The normalized spacial score (nSPS) is 14.7. The molecule has 0 aromatic rings. The molecule has 0 amide bonds. The van der Waals surface area contributed by atoms with Crippen molar-refractivity contribution in [1.82, 2.24) is 4.90 Å². The van der Waals surface area contributed by atoms with E-state index in [1.165, 1.54) is 4.90 Å². The monoisotopic (exact) mass is 303 g/mol. The van der Waals surface area contributed by atoms with Crippen LogP contribution in [0.15, 0.2) is 0 Å². The van der Waals surface area contributed by atoms with Crippen molar-refractivity contribution in [2.24, 2.45) is 0 Å². The van der Waals surface area contributed by atoms with E-state index < -0.39 is 23.1 Å². The Labute approximate surface area is 123 Å². The molecule has 15 heavy (non-hydrogen) atoms. The predicted molar refractivity (Wildman–Crippen MR) is 69.9 cm³/mol. The summed E-state index contributed by atoms with van der Waals surface area (Å²) in [6.07, 6.45) is -0.0370. The van der Waals surface area contributed by atoms with E-state index >= 15 is 0 Å². The van der Waals surface area contributed by atoms with Gasteiger partial charge in [-0.2, -0.15) is 0 Å². The van der Waals surface area contributed by atoms with Crippen LogP contribution in [0.4, 0.5) is 0 Å². The Morgan fingerprint density at radius 2 is 1.53 bits per heavy atom. The standard InChI is InChI=1S/C5H13NO4S4.Na.H/c1-6(2)5(14(9,10)12)3-4-13(7,8)11;;/h5H,3-4H2,1-2H3,(H,7,8,11)(H,9,10,12);;. The van der Waals surface area contributed by atoms with Gasteiger partial charge in [-0.3, -0.25) is 4.90 Å². The Morgan fingerprint density at radius 3 is 1.73 bits per heavy atom. The first kappa shape index (κ1) is 18.9. The van der Waals surface area contributed by atoms with E-state index in [-0.39, 0.29) is 41.7 Å². The molecule has 1 atom stereocenters. The minimum atomic E-state index is -3.56. The maximum atomic E-state index is 11.1. The molecule has 0 radical (unpaired) electrons. The summed E-state index contributed by atoms with van der Waals surface area (Å²) in [5.41, 5.74) is 0. The summed E-state index contributed by atoms with van der Waals surface area (Å²) in [6, 6.07) is 0. The van der Waals surface area contributed by atoms with E-state index in [0.29, 0.717) is 0 Å². The summed E-state index contributed by atoms with van der Waals surface area (Å²) in [5.74, 6) is -0.293. The zero-order chi connectivity index (χ0) is 11.6. The van der Waals surface area contributed by atoms with Crippen molar-refractivity contribution in [3.8, 4) is 0 Å². The van der Waals surface area contributed by atoms with Crippen LogP contribution in [-0.2, 0) is 17.7 Å². The van der Waals surface area contributed by atoms with Gasteiger partial charge < -0.3 is 0 Å². The van der Waals surface area contributed by atoms with E-state index in [2.05, 4.69) is 23.3 Å². The molecular weight excluding hydrogens is 289 g/mol. The average Bonchev–Trinajstić information content (AvgIpc) is 1.79. The minimum absolute atomic E-state index is 0. The van der Waals surface area contributed by atoms with Crippen LogP contribution >= 0.6 is 23.3 Å². The molecule has 0 saturated heterocycles. The van der Waals surface area contributed by atoms with Gasteiger partial charge >= 0.3 is 29.6 Å². The van der Waals surface area contributed by atoms with E-state index in [1.807, 2.05) is 0 Å². The molecule has 0 spiro atoms. The molecule has 0 aromatic carbocycles. The number of hydrogen-bond acceptors (Lipinski definition) is 5. The van der Waals surface area contributed by atoms with E-state index in [0.717, 1.165) is 0 Å². The molecular formula is C5H14NNaO4S4.